The molecule has 1 N–H and O–H groups in total. The third-order valence-corrected chi connectivity index (χ3v) is 1.34. The molecule has 0 aliphatic heterocycles. The lowest BCUT2D eigenvalue weighted by Crippen LogP contribution is -2.15. The summed E-state index contributed by atoms with van der Waals surface area (Å²) in [6, 6.07) is 0. The van der Waals surface area contributed by atoms with E-state index in [-0.39, 0.29) is 6.10 Å². The van der Waals surface area contributed by atoms with E-state index in [1.54, 1.807) is 6.08 Å². The molecule has 0 amide bonds. The van der Waals surface area contributed by atoms with Crippen molar-refractivity contribution < 1.29 is 12.9 Å². The number of hydrogen-bond acceptors (Lipinski definition) is 2. The van der Waals surface area contributed by atoms with Crippen molar-refractivity contribution in [1.82, 2.24) is 0 Å². The Kier molecular flexibility index (Phi) is 1.77. The van der Waals surface area contributed by atoms with E-state index in [1.165, 1.54) is 0 Å². The van der Waals surface area contributed by atoms with Crippen molar-refractivity contribution in [2.45, 2.75) is 12.5 Å². The van der Waals surface area contributed by atoms with Crippen molar-refractivity contribution in [3.8, 4) is 0 Å². The summed E-state index contributed by atoms with van der Waals surface area (Å²) < 4.78 is 22.4. The van der Waals surface area contributed by atoms with Gasteiger partial charge in [0.05, 0.1) is 6.10 Å². The minimum absolute atomic E-state index is 0.124. The maximum absolute atomic E-state index is 9.86. The lowest BCUT2D eigenvalue weighted by Gasteiger charge is -2.13. The van der Waals surface area contributed by atoms with Crippen LogP contribution in [-0.4, -0.2) is 14.9 Å². The smallest absolute Gasteiger partial charge is 0.284 e. The highest BCUT2D eigenvalue weighted by atomic mass is 32.2. The minimum Gasteiger partial charge on any atom is -0.284 e. The molecule has 3 nitrogen and oxygen atoms in total. The molecule has 0 fully saturated rings. The Morgan fingerprint density at radius 2 is 2.50 bits per heavy atom. The van der Waals surface area contributed by atoms with Crippen LogP contribution >= 0.6 is 0 Å². The largest absolute Gasteiger partial charge is 0.302 e. The van der Waals surface area contributed by atoms with Crippen molar-refractivity contribution >= 4 is 11.4 Å². The summed E-state index contributed by atoms with van der Waals surface area (Å²) in [5, 5.41) is 0. The SMILES string of the molecule is O=S(O)OC1C=CC1. The van der Waals surface area contributed by atoms with E-state index in [0.29, 0.717) is 0 Å². The van der Waals surface area contributed by atoms with Gasteiger partial charge in [0, 0.05) is 0 Å². The second kappa shape index (κ2) is 2.39. The second-order valence-electron chi connectivity index (χ2n) is 1.52. The van der Waals surface area contributed by atoms with Gasteiger partial charge in [0.2, 0.25) is 0 Å². The van der Waals surface area contributed by atoms with Crippen molar-refractivity contribution in [1.29, 1.82) is 0 Å². The van der Waals surface area contributed by atoms with Crippen molar-refractivity contribution in [3.63, 3.8) is 0 Å². The van der Waals surface area contributed by atoms with Gasteiger partial charge in [-0.3, -0.25) is 8.74 Å². The van der Waals surface area contributed by atoms with Crippen LogP contribution in [-0.2, 0) is 15.5 Å². The van der Waals surface area contributed by atoms with Crippen LogP contribution in [0.2, 0.25) is 0 Å². The van der Waals surface area contributed by atoms with E-state index in [1.807, 2.05) is 6.08 Å². The molecule has 0 spiro atoms. The molecular weight excluding hydrogens is 128 g/mol. The summed E-state index contributed by atoms with van der Waals surface area (Å²) in [6.07, 6.45) is 4.26. The molecule has 4 heteroatoms. The zero-order valence-corrected chi connectivity index (χ0v) is 4.93. The van der Waals surface area contributed by atoms with Gasteiger partial charge < -0.3 is 0 Å². The topological polar surface area (TPSA) is 46.5 Å². The maximum Gasteiger partial charge on any atom is 0.302 e. The highest BCUT2D eigenvalue weighted by molar-refractivity contribution is 7.74. The van der Waals surface area contributed by atoms with Gasteiger partial charge in [0.1, 0.15) is 0 Å². The third-order valence-electron chi connectivity index (χ3n) is 0.925. The number of hydrogen-bond donors (Lipinski definition) is 1. The molecule has 46 valence electrons. The van der Waals surface area contributed by atoms with E-state index in [0.717, 1.165) is 6.42 Å². The normalized spacial score (nSPS) is 29.4. The summed E-state index contributed by atoms with van der Waals surface area (Å²) in [5.41, 5.74) is 0. The summed E-state index contributed by atoms with van der Waals surface area (Å²) >= 11 is -2.10. The van der Waals surface area contributed by atoms with Gasteiger partial charge >= 0.3 is 11.4 Å². The minimum atomic E-state index is -2.10. The van der Waals surface area contributed by atoms with E-state index in [4.69, 9.17) is 4.55 Å². The molecule has 0 bridgehead atoms. The highest BCUT2D eigenvalue weighted by Crippen LogP contribution is 2.11. The molecule has 2 atom stereocenters. The first kappa shape index (κ1) is 5.94. The number of rotatable bonds is 2. The van der Waals surface area contributed by atoms with Crippen LogP contribution in [0.5, 0.6) is 0 Å². The van der Waals surface area contributed by atoms with Crippen LogP contribution < -0.4 is 0 Å². The Hall–Kier alpha value is -0.190. The molecule has 0 aromatic rings. The van der Waals surface area contributed by atoms with E-state index in [9.17, 15) is 4.21 Å². The Morgan fingerprint density at radius 1 is 1.88 bits per heavy atom. The molecule has 0 aromatic carbocycles. The van der Waals surface area contributed by atoms with Crippen LogP contribution in [0, 0.1) is 0 Å². The van der Waals surface area contributed by atoms with E-state index in [2.05, 4.69) is 4.18 Å². The van der Waals surface area contributed by atoms with Crippen LogP contribution in [0.4, 0.5) is 0 Å². The van der Waals surface area contributed by atoms with Crippen molar-refractivity contribution in [2.24, 2.45) is 0 Å². The van der Waals surface area contributed by atoms with Crippen molar-refractivity contribution in [3.05, 3.63) is 12.2 Å². The van der Waals surface area contributed by atoms with Gasteiger partial charge in [-0.1, -0.05) is 12.2 Å². The third kappa shape index (κ3) is 1.40. The first-order valence-electron chi connectivity index (χ1n) is 2.23. The molecule has 1 aliphatic rings. The first-order valence-corrected chi connectivity index (χ1v) is 3.27. The monoisotopic (exact) mass is 134 g/mol. The van der Waals surface area contributed by atoms with Gasteiger partial charge in [0.15, 0.2) is 0 Å². The summed E-state index contributed by atoms with van der Waals surface area (Å²) in [6.45, 7) is 0. The molecule has 1 aliphatic carbocycles. The maximum atomic E-state index is 9.86. The quantitative estimate of drug-likeness (QED) is 0.441. The van der Waals surface area contributed by atoms with Crippen LogP contribution in [0.25, 0.3) is 0 Å². The average Bonchev–Trinajstić information content (AvgIpc) is 1.55. The van der Waals surface area contributed by atoms with Crippen LogP contribution in [0.15, 0.2) is 12.2 Å². The molecule has 8 heavy (non-hydrogen) atoms. The average molecular weight is 134 g/mol. The van der Waals surface area contributed by atoms with Crippen LogP contribution in [0.1, 0.15) is 6.42 Å². The Morgan fingerprint density at radius 3 is 2.62 bits per heavy atom. The zero-order valence-electron chi connectivity index (χ0n) is 4.11. The molecule has 0 radical (unpaired) electrons. The van der Waals surface area contributed by atoms with Gasteiger partial charge in [-0.05, 0) is 6.42 Å². The fraction of sp³-hybridized carbons (Fsp3) is 0.500. The fourth-order valence-corrected chi connectivity index (χ4v) is 0.778. The Balaban J connectivity index is 2.20. The standard InChI is InChI=1S/C4H6O3S/c5-8(6)7-4-2-1-3-4/h1-2,4H,3H2,(H,5,6). The Labute approximate surface area is 49.8 Å². The van der Waals surface area contributed by atoms with Crippen LogP contribution in [0.3, 0.4) is 0 Å². The summed E-state index contributed by atoms with van der Waals surface area (Å²) in [7, 11) is 0. The van der Waals surface area contributed by atoms with E-state index >= 15 is 0 Å². The molecular formula is C4H6O3S. The molecule has 1 rings (SSSR count). The second-order valence-corrected chi connectivity index (χ2v) is 2.14. The molecule has 0 heterocycles. The fourth-order valence-electron chi connectivity index (χ4n) is 0.424. The van der Waals surface area contributed by atoms with Gasteiger partial charge in [-0.25, -0.2) is 0 Å². The lowest BCUT2D eigenvalue weighted by atomic mass is 10.1. The first-order chi connectivity index (χ1) is 3.79. The molecule has 0 saturated heterocycles. The van der Waals surface area contributed by atoms with Gasteiger partial charge in [0.25, 0.3) is 0 Å². The summed E-state index contributed by atoms with van der Waals surface area (Å²) in [4.78, 5) is 0. The predicted molar refractivity (Wildman–Crippen MR) is 29.4 cm³/mol. The zero-order chi connectivity index (χ0) is 5.98. The van der Waals surface area contributed by atoms with Crippen molar-refractivity contribution in [2.75, 3.05) is 0 Å². The molecule has 2 unspecified atom stereocenters. The predicted octanol–water partition coefficient (Wildman–Crippen LogP) is 0.468. The highest BCUT2D eigenvalue weighted by Gasteiger charge is 2.12. The molecule has 0 saturated carbocycles. The Bertz CT molecular complexity index is 131. The van der Waals surface area contributed by atoms with Gasteiger partial charge in [-0.2, -0.15) is 4.21 Å². The lowest BCUT2D eigenvalue weighted by molar-refractivity contribution is 0.236. The summed E-state index contributed by atoms with van der Waals surface area (Å²) in [5.74, 6) is 0. The molecule has 0 aromatic heterocycles. The van der Waals surface area contributed by atoms with E-state index < -0.39 is 11.4 Å². The van der Waals surface area contributed by atoms with Gasteiger partial charge in [-0.15, -0.1) is 0 Å².